The lowest BCUT2D eigenvalue weighted by molar-refractivity contribution is -0.138. The van der Waals surface area contributed by atoms with Gasteiger partial charge in [-0.05, 0) is 68.1 Å². The van der Waals surface area contributed by atoms with E-state index in [1.165, 1.54) is 11.8 Å². The lowest BCUT2D eigenvalue weighted by Gasteiger charge is -2.37. The minimum absolute atomic E-state index is 0.139. The number of carbonyl (C=O) groups is 4. The number of thioether (sulfide) groups is 1. The molecule has 0 saturated heterocycles. The Hall–Kier alpha value is -2.55. The van der Waals surface area contributed by atoms with Crippen molar-refractivity contribution in [2.45, 2.75) is 85.0 Å². The van der Waals surface area contributed by atoms with Gasteiger partial charge in [-0.2, -0.15) is 0 Å². The van der Waals surface area contributed by atoms with Crippen LogP contribution in [0.1, 0.15) is 100 Å². The normalized spacial score (nSPS) is 22.3. The molecule has 1 aromatic heterocycles. The third kappa shape index (κ3) is 8.22. The summed E-state index contributed by atoms with van der Waals surface area (Å²) in [7, 11) is 0. The number of rotatable bonds is 12. The van der Waals surface area contributed by atoms with E-state index in [1.54, 1.807) is 13.8 Å². The summed E-state index contributed by atoms with van der Waals surface area (Å²) in [6.07, 6.45) is 2.99. The maximum Gasteiger partial charge on any atom is 0.342 e. The number of amides is 1. The van der Waals surface area contributed by atoms with E-state index in [0.29, 0.717) is 35.5 Å². The zero-order chi connectivity index (χ0) is 27.9. The molecule has 0 aromatic carbocycles. The van der Waals surface area contributed by atoms with Crippen molar-refractivity contribution < 1.29 is 28.7 Å². The van der Waals surface area contributed by atoms with Crippen molar-refractivity contribution in [1.82, 2.24) is 4.98 Å². The molecule has 0 radical (unpaired) electrons. The first-order valence-electron chi connectivity index (χ1n) is 13.0. The van der Waals surface area contributed by atoms with Gasteiger partial charge >= 0.3 is 11.9 Å². The maximum atomic E-state index is 13.5. The molecule has 1 saturated carbocycles. The second-order valence-corrected chi connectivity index (χ2v) is 12.1. The van der Waals surface area contributed by atoms with Gasteiger partial charge in [-0.3, -0.25) is 9.59 Å². The van der Waals surface area contributed by atoms with Crippen molar-refractivity contribution in [2.75, 3.05) is 17.7 Å². The molecule has 8 nitrogen and oxygen atoms in total. The fraction of sp³-hybridized carbons (Fsp3) is 0.643. The summed E-state index contributed by atoms with van der Waals surface area (Å²) in [5.41, 5.74) is 1.36. The number of nitrogens with one attached hydrogen (secondary N) is 2. The van der Waals surface area contributed by atoms with Gasteiger partial charge in [0.05, 0.1) is 17.6 Å². The molecular formula is C28H42N2O6S. The van der Waals surface area contributed by atoms with E-state index in [9.17, 15) is 19.2 Å². The molecule has 3 atom stereocenters. The van der Waals surface area contributed by atoms with Crippen LogP contribution in [-0.2, 0) is 19.1 Å². The number of H-pyrrole nitrogens is 1. The minimum Gasteiger partial charge on any atom is -0.462 e. The molecule has 37 heavy (non-hydrogen) atoms. The number of hydrogen-bond donors (Lipinski definition) is 2. The van der Waals surface area contributed by atoms with Gasteiger partial charge in [0.15, 0.2) is 6.29 Å². The van der Waals surface area contributed by atoms with E-state index in [2.05, 4.69) is 37.7 Å². The Labute approximate surface area is 224 Å². The molecule has 1 aliphatic rings. The Morgan fingerprint density at radius 2 is 1.78 bits per heavy atom. The summed E-state index contributed by atoms with van der Waals surface area (Å²) in [5.74, 6) is 0.406. The fourth-order valence-corrected chi connectivity index (χ4v) is 5.90. The Balaban J connectivity index is 2.13. The van der Waals surface area contributed by atoms with Crippen molar-refractivity contribution in [2.24, 2.45) is 17.8 Å². The molecule has 1 amide bonds. The Bertz CT molecular complexity index is 989. The number of esters is 2. The van der Waals surface area contributed by atoms with Crippen molar-refractivity contribution in [3.05, 3.63) is 29.0 Å². The number of aromatic amines is 1. The molecule has 0 spiro atoms. The van der Waals surface area contributed by atoms with Crippen LogP contribution in [0.3, 0.4) is 0 Å². The van der Waals surface area contributed by atoms with E-state index in [-0.39, 0.29) is 53.4 Å². The van der Waals surface area contributed by atoms with Crippen molar-refractivity contribution in [3.8, 4) is 0 Å². The van der Waals surface area contributed by atoms with Crippen LogP contribution in [0.15, 0.2) is 12.2 Å². The minimum atomic E-state index is -0.527. The van der Waals surface area contributed by atoms with Gasteiger partial charge in [0, 0.05) is 5.57 Å². The third-order valence-corrected chi connectivity index (χ3v) is 7.98. The Kier molecular flexibility index (Phi) is 11.5. The summed E-state index contributed by atoms with van der Waals surface area (Å²) in [6.45, 7) is 17.3. The fourth-order valence-electron chi connectivity index (χ4n) is 5.05. The van der Waals surface area contributed by atoms with Gasteiger partial charge in [0.2, 0.25) is 5.91 Å². The summed E-state index contributed by atoms with van der Waals surface area (Å²) >= 11 is 1.40. The predicted octanol–water partition coefficient (Wildman–Crippen LogP) is 5.75. The second kappa shape index (κ2) is 13.8. The van der Waals surface area contributed by atoms with E-state index in [1.807, 2.05) is 13.8 Å². The van der Waals surface area contributed by atoms with E-state index in [4.69, 9.17) is 9.47 Å². The van der Waals surface area contributed by atoms with Gasteiger partial charge < -0.3 is 19.8 Å². The Morgan fingerprint density at radius 1 is 1.16 bits per heavy atom. The second-order valence-electron chi connectivity index (χ2n) is 10.6. The predicted molar refractivity (Wildman–Crippen MR) is 147 cm³/mol. The van der Waals surface area contributed by atoms with Crippen LogP contribution in [-0.4, -0.2) is 52.8 Å². The highest BCUT2D eigenvalue weighted by Crippen LogP contribution is 2.37. The first-order valence-corrected chi connectivity index (χ1v) is 14.1. The highest BCUT2D eigenvalue weighted by atomic mass is 32.2. The summed E-state index contributed by atoms with van der Waals surface area (Å²) in [6, 6.07) is 0. The molecule has 1 aliphatic carbocycles. The molecule has 1 fully saturated rings. The first kappa shape index (κ1) is 30.7. The van der Waals surface area contributed by atoms with Crippen molar-refractivity contribution in [1.29, 1.82) is 0 Å². The van der Waals surface area contributed by atoms with Crippen LogP contribution in [0.25, 0.3) is 0 Å². The Morgan fingerprint density at radius 3 is 2.32 bits per heavy atom. The molecule has 9 heteroatoms. The monoisotopic (exact) mass is 534 g/mol. The van der Waals surface area contributed by atoms with Crippen LogP contribution in [0.2, 0.25) is 0 Å². The number of ether oxygens (including phenoxy) is 2. The van der Waals surface area contributed by atoms with E-state index < -0.39 is 17.2 Å². The third-order valence-electron chi connectivity index (χ3n) is 6.74. The molecular weight excluding hydrogens is 492 g/mol. The molecule has 206 valence electrons. The average Bonchev–Trinajstić information content (AvgIpc) is 3.19. The largest absolute Gasteiger partial charge is 0.462 e. The number of anilines is 1. The van der Waals surface area contributed by atoms with E-state index in [0.717, 1.165) is 12.8 Å². The number of carbonyl (C=O) groups excluding carboxylic acids is 4. The first-order chi connectivity index (χ1) is 17.4. The van der Waals surface area contributed by atoms with Gasteiger partial charge in [-0.1, -0.05) is 41.2 Å². The summed E-state index contributed by atoms with van der Waals surface area (Å²) in [4.78, 5) is 52.7. The summed E-state index contributed by atoms with van der Waals surface area (Å²) in [5, 5.41) is 2.37. The topological polar surface area (TPSA) is 115 Å². The molecule has 0 bridgehead atoms. The quantitative estimate of drug-likeness (QED) is 0.152. The zero-order valence-corrected chi connectivity index (χ0v) is 24.0. The van der Waals surface area contributed by atoms with Crippen LogP contribution in [0.4, 0.5) is 5.82 Å². The van der Waals surface area contributed by atoms with Crippen LogP contribution < -0.4 is 5.32 Å². The van der Waals surface area contributed by atoms with Gasteiger partial charge in [-0.25, -0.2) is 9.59 Å². The van der Waals surface area contributed by atoms with Crippen LogP contribution in [0.5, 0.6) is 0 Å². The smallest absolute Gasteiger partial charge is 0.342 e. The maximum absolute atomic E-state index is 13.5. The lowest BCUT2D eigenvalue weighted by atomic mass is 9.75. The summed E-state index contributed by atoms with van der Waals surface area (Å²) < 4.78 is 11.1. The average molecular weight is 535 g/mol. The van der Waals surface area contributed by atoms with Crippen molar-refractivity contribution >= 4 is 41.7 Å². The lowest BCUT2D eigenvalue weighted by Crippen LogP contribution is -2.37. The number of aromatic nitrogens is 1. The number of aldehydes is 1. The standard InChI is InChI=1S/C28H42N2O6S/c1-15(2)22-21(14-31)29-25(23(22)28(34)36-24-18(6)12-17(5)13-19(24)7)30-26(32)20(8)37-11-9-10-35-27(33)16(3)4/h14-15,17-20,24,29H,3,9-13H2,1-2,4-8H3,(H,30,32). The molecule has 1 heterocycles. The van der Waals surface area contributed by atoms with Gasteiger partial charge in [0.25, 0.3) is 0 Å². The highest BCUT2D eigenvalue weighted by molar-refractivity contribution is 8.00. The number of hydrogen-bond acceptors (Lipinski definition) is 7. The molecule has 3 unspecified atom stereocenters. The van der Waals surface area contributed by atoms with Crippen molar-refractivity contribution in [3.63, 3.8) is 0 Å². The van der Waals surface area contributed by atoms with Gasteiger partial charge in [0.1, 0.15) is 17.5 Å². The molecule has 1 aromatic rings. The highest BCUT2D eigenvalue weighted by Gasteiger charge is 2.36. The molecule has 2 N–H and O–H groups in total. The molecule has 0 aliphatic heterocycles. The SMILES string of the molecule is C=C(C)C(=O)OCCCSC(C)C(=O)Nc1[nH]c(C=O)c(C(C)C)c1C(=O)OC1C(C)CC(C)CC1C. The zero-order valence-electron chi connectivity index (χ0n) is 23.1. The van der Waals surface area contributed by atoms with Crippen LogP contribution >= 0.6 is 11.8 Å². The molecule has 2 rings (SSSR count). The van der Waals surface area contributed by atoms with Crippen LogP contribution in [0, 0.1) is 17.8 Å². The van der Waals surface area contributed by atoms with E-state index >= 15 is 0 Å². The van der Waals surface area contributed by atoms with Gasteiger partial charge in [-0.15, -0.1) is 11.8 Å².